The van der Waals surface area contributed by atoms with Crippen LogP contribution in [-0.4, -0.2) is 53.1 Å². The first-order valence-electron chi connectivity index (χ1n) is 8.19. The lowest BCUT2D eigenvalue weighted by molar-refractivity contribution is -0.148. The van der Waals surface area contributed by atoms with Crippen LogP contribution in [0.1, 0.15) is 35.7 Å². The van der Waals surface area contributed by atoms with E-state index in [1.165, 1.54) is 13.0 Å². The number of anilines is 1. The standard InChI is InChI=1S/C17H22FN3O3/c1-3-20-9-17(16(23)24,21-8-4-5-13(21)19)15(22)14-10(2)11(18)6-7-12(14)20/h6-7,13H,3-5,8-9,19H2,1-2H3,(H,23,24). The van der Waals surface area contributed by atoms with Crippen LogP contribution in [0.25, 0.3) is 0 Å². The maximum atomic E-state index is 14.1. The van der Waals surface area contributed by atoms with Gasteiger partial charge in [-0.25, -0.2) is 9.18 Å². The third-order valence-electron chi connectivity index (χ3n) is 5.27. The van der Waals surface area contributed by atoms with Crippen molar-refractivity contribution in [1.82, 2.24) is 4.90 Å². The van der Waals surface area contributed by atoms with E-state index in [1.54, 1.807) is 11.0 Å². The fourth-order valence-corrected chi connectivity index (χ4v) is 3.92. The molecule has 3 rings (SSSR count). The third-order valence-corrected chi connectivity index (χ3v) is 5.27. The Labute approximate surface area is 140 Å². The van der Waals surface area contributed by atoms with E-state index in [4.69, 9.17) is 5.73 Å². The fourth-order valence-electron chi connectivity index (χ4n) is 3.92. The van der Waals surface area contributed by atoms with Crippen molar-refractivity contribution < 1.29 is 19.1 Å². The highest BCUT2D eigenvalue weighted by Gasteiger charge is 2.58. The van der Waals surface area contributed by atoms with Crippen LogP contribution in [0.4, 0.5) is 10.1 Å². The number of carboxylic acids is 1. The summed E-state index contributed by atoms with van der Waals surface area (Å²) in [6, 6.07) is 2.87. The molecule has 7 heteroatoms. The zero-order valence-corrected chi connectivity index (χ0v) is 13.9. The van der Waals surface area contributed by atoms with Gasteiger partial charge in [-0.3, -0.25) is 9.69 Å². The third kappa shape index (κ3) is 2.15. The number of rotatable bonds is 3. The number of likely N-dealkylation sites (tertiary alicyclic amines) is 1. The Morgan fingerprint density at radius 1 is 1.50 bits per heavy atom. The molecule has 2 aliphatic rings. The lowest BCUT2D eigenvalue weighted by Gasteiger charge is -2.46. The molecule has 6 nitrogen and oxygen atoms in total. The number of aliphatic carboxylic acids is 1. The quantitative estimate of drug-likeness (QED) is 0.811. The van der Waals surface area contributed by atoms with Crippen molar-refractivity contribution in [2.45, 2.75) is 38.4 Å². The van der Waals surface area contributed by atoms with Gasteiger partial charge in [-0.2, -0.15) is 0 Å². The largest absolute Gasteiger partial charge is 0.479 e. The van der Waals surface area contributed by atoms with Crippen LogP contribution in [0.3, 0.4) is 0 Å². The Hall–Kier alpha value is -1.99. The number of nitrogens with zero attached hydrogens (tertiary/aromatic N) is 2. The number of likely N-dealkylation sites (N-methyl/N-ethyl adjacent to an activating group) is 1. The lowest BCUT2D eigenvalue weighted by Crippen LogP contribution is -2.70. The molecule has 0 spiro atoms. The molecule has 2 atom stereocenters. The highest BCUT2D eigenvalue weighted by Crippen LogP contribution is 2.39. The van der Waals surface area contributed by atoms with Crippen LogP contribution in [0, 0.1) is 12.7 Å². The summed E-state index contributed by atoms with van der Waals surface area (Å²) in [5, 5.41) is 10.00. The first kappa shape index (κ1) is 16.9. The molecule has 24 heavy (non-hydrogen) atoms. The van der Waals surface area contributed by atoms with Crippen molar-refractivity contribution in [3.05, 3.63) is 29.1 Å². The Morgan fingerprint density at radius 2 is 2.21 bits per heavy atom. The van der Waals surface area contributed by atoms with Crippen molar-refractivity contribution in [3.63, 3.8) is 0 Å². The molecule has 130 valence electrons. The minimum atomic E-state index is -1.77. The van der Waals surface area contributed by atoms with Gasteiger partial charge >= 0.3 is 5.97 Å². The number of halogens is 1. The summed E-state index contributed by atoms with van der Waals surface area (Å²) in [4.78, 5) is 28.9. The maximum absolute atomic E-state index is 14.1. The van der Waals surface area contributed by atoms with Crippen molar-refractivity contribution in [2.75, 3.05) is 24.5 Å². The SMILES string of the molecule is CCN1CC(C(=O)O)(N2CCCC2N)C(=O)c2c1ccc(F)c2C. The van der Waals surface area contributed by atoms with Crippen LogP contribution < -0.4 is 10.6 Å². The van der Waals surface area contributed by atoms with Gasteiger partial charge in [0.2, 0.25) is 5.54 Å². The summed E-state index contributed by atoms with van der Waals surface area (Å²) in [6.07, 6.45) is 0.896. The lowest BCUT2D eigenvalue weighted by atomic mass is 9.80. The van der Waals surface area contributed by atoms with Gasteiger partial charge in [-0.15, -0.1) is 0 Å². The normalized spacial score (nSPS) is 27.4. The predicted molar refractivity (Wildman–Crippen MR) is 87.6 cm³/mol. The maximum Gasteiger partial charge on any atom is 0.334 e. The second-order valence-corrected chi connectivity index (χ2v) is 6.48. The van der Waals surface area contributed by atoms with Crippen LogP contribution in [0.5, 0.6) is 0 Å². The second kappa shape index (κ2) is 5.82. The molecular weight excluding hydrogens is 313 g/mol. The van der Waals surface area contributed by atoms with Crippen LogP contribution in [0.15, 0.2) is 12.1 Å². The van der Waals surface area contributed by atoms with E-state index in [0.29, 0.717) is 25.2 Å². The topological polar surface area (TPSA) is 86.9 Å². The number of hydrogen-bond donors (Lipinski definition) is 2. The number of nitrogens with two attached hydrogens (primary N) is 1. The van der Waals surface area contributed by atoms with Gasteiger partial charge < -0.3 is 15.7 Å². The van der Waals surface area contributed by atoms with Crippen molar-refractivity contribution >= 4 is 17.4 Å². The zero-order valence-electron chi connectivity index (χ0n) is 13.9. The summed E-state index contributed by atoms with van der Waals surface area (Å²) >= 11 is 0. The molecule has 2 unspecified atom stereocenters. The first-order valence-corrected chi connectivity index (χ1v) is 8.19. The number of carbonyl (C=O) groups is 2. The number of ketones is 1. The van der Waals surface area contributed by atoms with Gasteiger partial charge in [0.05, 0.1) is 12.7 Å². The highest BCUT2D eigenvalue weighted by molar-refractivity contribution is 6.21. The van der Waals surface area contributed by atoms with Gasteiger partial charge in [0.15, 0.2) is 5.78 Å². The smallest absolute Gasteiger partial charge is 0.334 e. The molecule has 1 aromatic carbocycles. The number of Topliss-reactive ketones (excluding diaryl/α,β-unsaturated/α-hetero) is 1. The Morgan fingerprint density at radius 3 is 2.75 bits per heavy atom. The van der Waals surface area contributed by atoms with Gasteiger partial charge in [0, 0.05) is 24.3 Å². The van der Waals surface area contributed by atoms with Gasteiger partial charge in [-0.05, 0) is 44.4 Å². The summed E-state index contributed by atoms with van der Waals surface area (Å²) < 4.78 is 14.1. The molecule has 0 amide bonds. The summed E-state index contributed by atoms with van der Waals surface area (Å²) in [5.41, 5.74) is 5.26. The Bertz CT molecular complexity index is 709. The van der Waals surface area contributed by atoms with E-state index in [9.17, 15) is 19.1 Å². The number of carbonyl (C=O) groups excluding carboxylic acids is 1. The number of fused-ring (bicyclic) bond motifs is 1. The predicted octanol–water partition coefficient (Wildman–Crippen LogP) is 1.36. The molecular formula is C17H22FN3O3. The van der Waals surface area contributed by atoms with E-state index in [1.807, 2.05) is 11.8 Å². The van der Waals surface area contributed by atoms with Crippen molar-refractivity contribution in [1.29, 1.82) is 0 Å². The Balaban J connectivity index is 2.24. The zero-order chi connectivity index (χ0) is 17.6. The van der Waals surface area contributed by atoms with E-state index in [2.05, 4.69) is 0 Å². The van der Waals surface area contributed by atoms with Crippen LogP contribution >= 0.6 is 0 Å². The van der Waals surface area contributed by atoms with Gasteiger partial charge in [0.1, 0.15) is 5.82 Å². The van der Waals surface area contributed by atoms with Crippen molar-refractivity contribution in [3.8, 4) is 0 Å². The molecule has 0 aromatic heterocycles. The number of hydrogen-bond acceptors (Lipinski definition) is 5. The minimum Gasteiger partial charge on any atom is -0.479 e. The van der Waals surface area contributed by atoms with E-state index in [0.717, 1.165) is 6.42 Å². The molecule has 2 heterocycles. The molecule has 0 saturated carbocycles. The molecule has 2 aliphatic heterocycles. The summed E-state index contributed by atoms with van der Waals surface area (Å²) in [7, 11) is 0. The molecule has 0 radical (unpaired) electrons. The van der Waals surface area contributed by atoms with E-state index >= 15 is 0 Å². The van der Waals surface area contributed by atoms with Crippen LogP contribution in [0.2, 0.25) is 0 Å². The summed E-state index contributed by atoms with van der Waals surface area (Å²) in [6.45, 7) is 4.38. The van der Waals surface area contributed by atoms with Crippen molar-refractivity contribution in [2.24, 2.45) is 5.73 Å². The van der Waals surface area contributed by atoms with Gasteiger partial charge in [0.25, 0.3) is 0 Å². The molecule has 1 aromatic rings. The average Bonchev–Trinajstić information content (AvgIpc) is 2.97. The Kier molecular flexibility index (Phi) is 4.09. The first-order chi connectivity index (χ1) is 11.3. The monoisotopic (exact) mass is 335 g/mol. The second-order valence-electron chi connectivity index (χ2n) is 6.48. The number of benzene rings is 1. The van der Waals surface area contributed by atoms with Crippen LogP contribution in [-0.2, 0) is 4.79 Å². The summed E-state index contributed by atoms with van der Waals surface area (Å²) in [5.74, 6) is -2.30. The molecule has 0 bridgehead atoms. The van der Waals surface area contributed by atoms with E-state index < -0.39 is 29.3 Å². The van der Waals surface area contributed by atoms with Gasteiger partial charge in [-0.1, -0.05) is 0 Å². The number of carboxylic acid groups (broad SMARTS) is 1. The average molecular weight is 335 g/mol. The van der Waals surface area contributed by atoms with E-state index in [-0.39, 0.29) is 17.7 Å². The minimum absolute atomic E-state index is 0.0173. The highest BCUT2D eigenvalue weighted by atomic mass is 19.1. The fraction of sp³-hybridized carbons (Fsp3) is 0.529. The molecule has 0 aliphatic carbocycles. The molecule has 1 fully saturated rings. The molecule has 3 N–H and O–H groups in total. The molecule has 1 saturated heterocycles.